The highest BCUT2D eigenvalue weighted by Gasteiger charge is 2.22. The van der Waals surface area contributed by atoms with Gasteiger partial charge in [-0.1, -0.05) is 0 Å². The quantitative estimate of drug-likeness (QED) is 0.803. The van der Waals surface area contributed by atoms with Crippen LogP contribution < -0.4 is 4.90 Å². The van der Waals surface area contributed by atoms with Gasteiger partial charge in [-0.3, -0.25) is 0 Å². The number of ether oxygens (including phenoxy) is 1. The van der Waals surface area contributed by atoms with E-state index in [0.717, 1.165) is 5.69 Å². The molecule has 1 N–H and O–H groups in total. The third-order valence-corrected chi connectivity index (χ3v) is 2.78. The van der Waals surface area contributed by atoms with Crippen molar-refractivity contribution in [2.24, 2.45) is 0 Å². The summed E-state index contributed by atoms with van der Waals surface area (Å²) in [5.74, 6) is 0.689. The predicted octanol–water partition coefficient (Wildman–Crippen LogP) is 0.459. The molecular weight excluding hydrogens is 218 g/mol. The molecular formula is C12H15N3O2. The summed E-state index contributed by atoms with van der Waals surface area (Å²) in [5, 5.41) is 18.2. The van der Waals surface area contributed by atoms with E-state index in [9.17, 15) is 0 Å². The highest BCUT2D eigenvalue weighted by atomic mass is 16.5. The van der Waals surface area contributed by atoms with Crippen molar-refractivity contribution in [2.45, 2.75) is 13.0 Å². The second-order valence-electron chi connectivity index (χ2n) is 4.06. The highest BCUT2D eigenvalue weighted by molar-refractivity contribution is 5.54. The number of rotatable bonds is 2. The van der Waals surface area contributed by atoms with Crippen molar-refractivity contribution in [2.75, 3.05) is 31.2 Å². The zero-order valence-electron chi connectivity index (χ0n) is 9.76. The first-order chi connectivity index (χ1) is 8.24. The van der Waals surface area contributed by atoms with Gasteiger partial charge in [-0.25, -0.2) is 4.98 Å². The second-order valence-corrected chi connectivity index (χ2v) is 4.06. The third kappa shape index (κ3) is 2.54. The SMILES string of the molecule is Cc1ccc(C#N)c(N2CCOC(CO)C2)n1. The lowest BCUT2D eigenvalue weighted by Crippen LogP contribution is -2.44. The molecule has 1 fully saturated rings. The van der Waals surface area contributed by atoms with Gasteiger partial charge in [-0.05, 0) is 19.1 Å². The molecule has 1 atom stereocenters. The Morgan fingerprint density at radius 3 is 3.18 bits per heavy atom. The lowest BCUT2D eigenvalue weighted by Gasteiger charge is -2.33. The van der Waals surface area contributed by atoms with Crippen LogP contribution in [0.1, 0.15) is 11.3 Å². The molecule has 0 amide bonds. The van der Waals surface area contributed by atoms with E-state index in [-0.39, 0.29) is 12.7 Å². The Labute approximate surface area is 100 Å². The number of anilines is 1. The Morgan fingerprint density at radius 1 is 1.65 bits per heavy atom. The number of pyridine rings is 1. The van der Waals surface area contributed by atoms with Crippen molar-refractivity contribution >= 4 is 5.82 Å². The van der Waals surface area contributed by atoms with Crippen molar-refractivity contribution < 1.29 is 9.84 Å². The number of aryl methyl sites for hydroxylation is 1. The maximum atomic E-state index is 9.10. The predicted molar refractivity (Wildman–Crippen MR) is 62.7 cm³/mol. The molecule has 90 valence electrons. The number of nitrogens with zero attached hydrogens (tertiary/aromatic N) is 3. The van der Waals surface area contributed by atoms with Crippen molar-refractivity contribution in [3.8, 4) is 6.07 Å². The normalized spacial score (nSPS) is 20.1. The van der Waals surface area contributed by atoms with Gasteiger partial charge in [-0.15, -0.1) is 0 Å². The molecule has 2 rings (SSSR count). The van der Waals surface area contributed by atoms with Gasteiger partial charge in [0, 0.05) is 18.8 Å². The molecule has 0 aromatic carbocycles. The lowest BCUT2D eigenvalue weighted by atomic mass is 10.2. The monoisotopic (exact) mass is 233 g/mol. The molecule has 0 radical (unpaired) electrons. The van der Waals surface area contributed by atoms with E-state index >= 15 is 0 Å². The molecule has 0 bridgehead atoms. The minimum Gasteiger partial charge on any atom is -0.394 e. The fourth-order valence-electron chi connectivity index (χ4n) is 1.89. The average Bonchev–Trinajstić information content (AvgIpc) is 2.39. The molecule has 0 saturated carbocycles. The van der Waals surface area contributed by atoms with Crippen molar-refractivity contribution in [3.05, 3.63) is 23.4 Å². The van der Waals surface area contributed by atoms with Crippen LogP contribution in [0.25, 0.3) is 0 Å². The van der Waals surface area contributed by atoms with Gasteiger partial charge in [0.25, 0.3) is 0 Å². The van der Waals surface area contributed by atoms with Gasteiger partial charge in [0.05, 0.1) is 24.9 Å². The fourth-order valence-corrected chi connectivity index (χ4v) is 1.89. The standard InChI is InChI=1S/C12H15N3O2/c1-9-2-3-10(6-13)12(14-9)15-4-5-17-11(7-15)8-16/h2-3,11,16H,4-5,7-8H2,1H3. The lowest BCUT2D eigenvalue weighted by molar-refractivity contribution is 0.00334. The summed E-state index contributed by atoms with van der Waals surface area (Å²) in [6, 6.07) is 5.75. The van der Waals surface area contributed by atoms with Crippen LogP contribution in [0.2, 0.25) is 0 Å². The largest absolute Gasteiger partial charge is 0.394 e. The van der Waals surface area contributed by atoms with Crippen molar-refractivity contribution in [1.29, 1.82) is 5.26 Å². The van der Waals surface area contributed by atoms with Crippen molar-refractivity contribution in [3.63, 3.8) is 0 Å². The molecule has 0 aliphatic carbocycles. The molecule has 1 aromatic heterocycles. The van der Waals surface area contributed by atoms with Crippen LogP contribution in [0, 0.1) is 18.3 Å². The minimum absolute atomic E-state index is 0.00972. The zero-order chi connectivity index (χ0) is 12.3. The van der Waals surface area contributed by atoms with Gasteiger partial charge < -0.3 is 14.7 Å². The smallest absolute Gasteiger partial charge is 0.146 e. The summed E-state index contributed by atoms with van der Waals surface area (Å²) in [4.78, 5) is 6.40. The van der Waals surface area contributed by atoms with E-state index in [1.54, 1.807) is 6.07 Å². The van der Waals surface area contributed by atoms with Crippen molar-refractivity contribution in [1.82, 2.24) is 4.98 Å². The number of hydrogen-bond donors (Lipinski definition) is 1. The molecule has 1 unspecified atom stereocenters. The maximum absolute atomic E-state index is 9.10. The van der Waals surface area contributed by atoms with E-state index in [2.05, 4.69) is 11.1 Å². The fraction of sp³-hybridized carbons (Fsp3) is 0.500. The van der Waals surface area contributed by atoms with Crippen LogP contribution in [0.15, 0.2) is 12.1 Å². The van der Waals surface area contributed by atoms with Gasteiger partial charge in [0.1, 0.15) is 11.9 Å². The molecule has 1 aliphatic heterocycles. The summed E-state index contributed by atoms with van der Waals surface area (Å²) in [5.41, 5.74) is 1.44. The van der Waals surface area contributed by atoms with E-state index in [1.165, 1.54) is 0 Å². The van der Waals surface area contributed by atoms with Gasteiger partial charge in [-0.2, -0.15) is 5.26 Å². The van der Waals surface area contributed by atoms with Crippen LogP contribution in [0.4, 0.5) is 5.82 Å². The molecule has 5 heteroatoms. The molecule has 5 nitrogen and oxygen atoms in total. The summed E-state index contributed by atoms with van der Waals surface area (Å²) >= 11 is 0. The Morgan fingerprint density at radius 2 is 2.47 bits per heavy atom. The van der Waals surface area contributed by atoms with Gasteiger partial charge >= 0.3 is 0 Å². The Bertz CT molecular complexity index is 442. The van der Waals surface area contributed by atoms with Crippen LogP contribution in [-0.2, 0) is 4.74 Å². The van der Waals surface area contributed by atoms with Crippen LogP contribution in [0.5, 0.6) is 0 Å². The average molecular weight is 233 g/mol. The number of morpholine rings is 1. The molecule has 1 aromatic rings. The minimum atomic E-state index is -0.197. The first-order valence-corrected chi connectivity index (χ1v) is 5.59. The summed E-state index contributed by atoms with van der Waals surface area (Å²) in [6.45, 7) is 3.70. The Kier molecular flexibility index (Phi) is 3.57. The number of aromatic nitrogens is 1. The summed E-state index contributed by atoms with van der Waals surface area (Å²) < 4.78 is 5.38. The highest BCUT2D eigenvalue weighted by Crippen LogP contribution is 2.20. The Hall–Kier alpha value is -1.64. The first kappa shape index (κ1) is 11.8. The summed E-state index contributed by atoms with van der Waals surface area (Å²) in [6.07, 6.45) is -0.197. The Balaban J connectivity index is 2.27. The topological polar surface area (TPSA) is 69.4 Å². The molecule has 0 spiro atoms. The van der Waals surface area contributed by atoms with Gasteiger partial charge in [0.15, 0.2) is 0 Å². The molecule has 1 aliphatic rings. The molecule has 17 heavy (non-hydrogen) atoms. The maximum Gasteiger partial charge on any atom is 0.146 e. The number of hydrogen-bond acceptors (Lipinski definition) is 5. The third-order valence-electron chi connectivity index (χ3n) is 2.78. The van der Waals surface area contributed by atoms with E-state index < -0.39 is 0 Å². The van der Waals surface area contributed by atoms with Crippen LogP contribution in [-0.4, -0.2) is 42.5 Å². The van der Waals surface area contributed by atoms with Crippen LogP contribution in [0.3, 0.4) is 0 Å². The second kappa shape index (κ2) is 5.13. The van der Waals surface area contributed by atoms with Gasteiger partial charge in [0.2, 0.25) is 0 Å². The molecule has 1 saturated heterocycles. The van der Waals surface area contributed by atoms with Crippen LogP contribution >= 0.6 is 0 Å². The van der Waals surface area contributed by atoms with E-state index in [4.69, 9.17) is 15.1 Å². The first-order valence-electron chi connectivity index (χ1n) is 5.59. The van der Waals surface area contributed by atoms with E-state index in [1.807, 2.05) is 17.9 Å². The number of nitriles is 1. The zero-order valence-corrected chi connectivity index (χ0v) is 9.76. The summed E-state index contributed by atoms with van der Waals surface area (Å²) in [7, 11) is 0. The number of aliphatic hydroxyl groups is 1. The van der Waals surface area contributed by atoms with E-state index in [0.29, 0.717) is 31.1 Å². The number of aliphatic hydroxyl groups excluding tert-OH is 1. The molecule has 2 heterocycles.